The van der Waals surface area contributed by atoms with Gasteiger partial charge in [0.2, 0.25) is 5.75 Å². The third kappa shape index (κ3) is 2.24. The van der Waals surface area contributed by atoms with E-state index in [1.54, 1.807) is 0 Å². The van der Waals surface area contributed by atoms with E-state index in [0.717, 1.165) is 20.3 Å². The van der Waals surface area contributed by atoms with Crippen LogP contribution in [0.25, 0.3) is 0 Å². The van der Waals surface area contributed by atoms with Crippen molar-refractivity contribution in [3.63, 3.8) is 0 Å². The molecule has 100 valence electrons. The first-order valence-corrected chi connectivity index (χ1v) is 4.50. The zero-order chi connectivity index (χ0) is 14.1. The van der Waals surface area contributed by atoms with Crippen molar-refractivity contribution in [3.05, 3.63) is 21.7 Å². The molecule has 0 aromatic heterocycles. The fraction of sp³-hybridized carbons (Fsp3) is 0.333. The number of methoxy groups -OCH3 is 2. The van der Waals surface area contributed by atoms with Gasteiger partial charge in [-0.05, 0) is 0 Å². The Morgan fingerprint density at radius 1 is 1.33 bits per heavy atom. The van der Waals surface area contributed by atoms with Gasteiger partial charge in [0, 0.05) is 6.07 Å². The minimum Gasteiger partial charge on any atom is -0.493 e. The van der Waals surface area contributed by atoms with Crippen LogP contribution in [-0.4, -0.2) is 19.1 Å². The molecular weight excluding hydrogens is 257 g/mol. The average molecular weight is 266 g/mol. The molecule has 0 fully saturated rings. The van der Waals surface area contributed by atoms with Gasteiger partial charge in [0.05, 0.1) is 24.8 Å². The molecule has 1 aromatic carbocycles. The lowest BCUT2D eigenvalue weighted by molar-refractivity contribution is -0.388. The van der Waals surface area contributed by atoms with Crippen molar-refractivity contribution in [2.75, 3.05) is 20.0 Å². The van der Waals surface area contributed by atoms with Crippen LogP contribution in [0.1, 0.15) is 5.56 Å². The highest BCUT2D eigenvalue weighted by molar-refractivity contribution is 5.71. The number of halogens is 3. The van der Waals surface area contributed by atoms with Crippen molar-refractivity contribution in [3.8, 4) is 11.5 Å². The van der Waals surface area contributed by atoms with Gasteiger partial charge in [0.1, 0.15) is 0 Å². The molecule has 2 N–H and O–H groups in total. The van der Waals surface area contributed by atoms with Crippen LogP contribution in [0.4, 0.5) is 24.5 Å². The predicted octanol–water partition coefficient (Wildman–Crippen LogP) is 2.21. The molecule has 18 heavy (non-hydrogen) atoms. The molecule has 0 unspecified atom stereocenters. The van der Waals surface area contributed by atoms with Crippen LogP contribution in [-0.2, 0) is 6.18 Å². The maximum absolute atomic E-state index is 12.7. The molecule has 0 radical (unpaired) electrons. The lowest BCUT2D eigenvalue weighted by atomic mass is 10.1. The van der Waals surface area contributed by atoms with Crippen LogP contribution in [0, 0.1) is 10.1 Å². The van der Waals surface area contributed by atoms with E-state index in [0.29, 0.717) is 0 Å². The maximum Gasteiger partial charge on any atom is 0.425 e. The Morgan fingerprint density at radius 2 is 1.89 bits per heavy atom. The molecule has 0 heterocycles. The number of hydrogen-bond acceptors (Lipinski definition) is 5. The summed E-state index contributed by atoms with van der Waals surface area (Å²) < 4.78 is 47.5. The van der Waals surface area contributed by atoms with E-state index in [1.165, 1.54) is 0 Å². The Labute approximate surface area is 99.2 Å². The van der Waals surface area contributed by atoms with Gasteiger partial charge in [-0.1, -0.05) is 0 Å². The smallest absolute Gasteiger partial charge is 0.425 e. The Kier molecular flexibility index (Phi) is 3.54. The first-order valence-electron chi connectivity index (χ1n) is 4.50. The Hall–Kier alpha value is -2.19. The second-order valence-electron chi connectivity index (χ2n) is 3.18. The molecule has 0 amide bonds. The summed E-state index contributed by atoms with van der Waals surface area (Å²) in [6.45, 7) is 0. The summed E-state index contributed by atoms with van der Waals surface area (Å²) in [6.07, 6.45) is -4.97. The third-order valence-electron chi connectivity index (χ3n) is 2.14. The fourth-order valence-electron chi connectivity index (χ4n) is 1.47. The highest BCUT2D eigenvalue weighted by Gasteiger charge is 2.44. The van der Waals surface area contributed by atoms with Crippen molar-refractivity contribution >= 4 is 11.4 Å². The number of benzene rings is 1. The quantitative estimate of drug-likeness (QED) is 0.514. The first-order chi connectivity index (χ1) is 8.23. The first kappa shape index (κ1) is 13.9. The van der Waals surface area contributed by atoms with Crippen LogP contribution in [0.5, 0.6) is 11.5 Å². The van der Waals surface area contributed by atoms with Gasteiger partial charge >= 0.3 is 11.9 Å². The third-order valence-corrected chi connectivity index (χ3v) is 2.14. The summed E-state index contributed by atoms with van der Waals surface area (Å²) in [5, 5.41) is 10.8. The summed E-state index contributed by atoms with van der Waals surface area (Å²) in [5.74, 6) is -0.862. The fourth-order valence-corrected chi connectivity index (χ4v) is 1.47. The number of nitro benzene ring substituents is 1. The van der Waals surface area contributed by atoms with E-state index in [2.05, 4.69) is 4.74 Å². The Bertz CT molecular complexity index is 488. The number of hydrogen-bond donors (Lipinski definition) is 1. The molecular formula is C9H9F3N2O4. The Morgan fingerprint density at radius 3 is 2.22 bits per heavy atom. The average Bonchev–Trinajstić information content (AvgIpc) is 2.25. The molecule has 0 atom stereocenters. The van der Waals surface area contributed by atoms with Crippen LogP contribution in [0.15, 0.2) is 6.07 Å². The summed E-state index contributed by atoms with van der Waals surface area (Å²) in [5.41, 5.74) is 1.57. The minimum atomic E-state index is -4.97. The number of nitrogens with zero attached hydrogens (tertiary/aromatic N) is 1. The molecule has 9 heteroatoms. The zero-order valence-corrected chi connectivity index (χ0v) is 9.37. The summed E-state index contributed by atoms with van der Waals surface area (Å²) >= 11 is 0. The van der Waals surface area contributed by atoms with Gasteiger partial charge < -0.3 is 15.2 Å². The second kappa shape index (κ2) is 4.59. The summed E-state index contributed by atoms with van der Waals surface area (Å²) in [6, 6.07) is 0.828. The molecule has 0 spiro atoms. The van der Waals surface area contributed by atoms with Crippen LogP contribution < -0.4 is 15.2 Å². The molecule has 0 saturated heterocycles. The molecule has 0 aliphatic rings. The van der Waals surface area contributed by atoms with E-state index < -0.39 is 33.8 Å². The minimum absolute atomic E-state index is 0.241. The molecule has 0 aliphatic carbocycles. The number of alkyl halides is 3. The van der Waals surface area contributed by atoms with Gasteiger partial charge in [-0.25, -0.2) is 0 Å². The van der Waals surface area contributed by atoms with Crippen molar-refractivity contribution in [2.45, 2.75) is 6.18 Å². The number of ether oxygens (including phenoxy) is 2. The number of anilines is 1. The van der Waals surface area contributed by atoms with Gasteiger partial charge in [0.15, 0.2) is 11.3 Å². The van der Waals surface area contributed by atoms with Gasteiger partial charge in [0.25, 0.3) is 0 Å². The topological polar surface area (TPSA) is 87.6 Å². The highest BCUT2D eigenvalue weighted by Crippen LogP contribution is 2.49. The molecule has 0 aliphatic heterocycles. The SMILES string of the molecule is COc1cc(N)c(C(F)(F)F)c([N+](=O)[O-])c1OC. The monoisotopic (exact) mass is 266 g/mol. The molecule has 1 rings (SSSR count). The largest absolute Gasteiger partial charge is 0.493 e. The van der Waals surface area contributed by atoms with Gasteiger partial charge in [-0.3, -0.25) is 10.1 Å². The lowest BCUT2D eigenvalue weighted by Gasteiger charge is -2.15. The van der Waals surface area contributed by atoms with Crippen LogP contribution in [0.2, 0.25) is 0 Å². The van der Waals surface area contributed by atoms with E-state index in [9.17, 15) is 23.3 Å². The zero-order valence-electron chi connectivity index (χ0n) is 9.37. The van der Waals surface area contributed by atoms with E-state index >= 15 is 0 Å². The highest BCUT2D eigenvalue weighted by atomic mass is 19.4. The Balaban J connectivity index is 3.77. The number of rotatable bonds is 3. The standard InChI is InChI=1S/C9H9F3N2O4/c1-17-5-3-4(13)6(9(10,11)12)7(14(15)16)8(5)18-2/h3H,13H2,1-2H3. The van der Waals surface area contributed by atoms with E-state index in [4.69, 9.17) is 10.5 Å². The van der Waals surface area contributed by atoms with Crippen LogP contribution in [0.3, 0.4) is 0 Å². The van der Waals surface area contributed by atoms with Crippen molar-refractivity contribution in [2.24, 2.45) is 0 Å². The van der Waals surface area contributed by atoms with Crippen molar-refractivity contribution in [1.29, 1.82) is 0 Å². The number of nitrogens with two attached hydrogens (primary N) is 1. The number of nitro groups is 1. The van der Waals surface area contributed by atoms with E-state index in [1.807, 2.05) is 0 Å². The maximum atomic E-state index is 12.7. The summed E-state index contributed by atoms with van der Waals surface area (Å²) in [4.78, 5) is 9.58. The van der Waals surface area contributed by atoms with Gasteiger partial charge in [-0.15, -0.1) is 0 Å². The van der Waals surface area contributed by atoms with Crippen molar-refractivity contribution < 1.29 is 27.6 Å². The van der Waals surface area contributed by atoms with E-state index in [-0.39, 0.29) is 5.75 Å². The normalized spacial score (nSPS) is 11.2. The molecule has 6 nitrogen and oxygen atoms in total. The summed E-state index contributed by atoms with van der Waals surface area (Å²) in [7, 11) is 2.13. The predicted molar refractivity (Wildman–Crippen MR) is 55.6 cm³/mol. The molecule has 1 aromatic rings. The number of nitrogen functional groups attached to an aromatic ring is 1. The molecule has 0 bridgehead atoms. The second-order valence-corrected chi connectivity index (χ2v) is 3.18. The van der Waals surface area contributed by atoms with Crippen LogP contribution >= 0.6 is 0 Å². The molecule has 0 saturated carbocycles. The lowest BCUT2D eigenvalue weighted by Crippen LogP contribution is -2.14. The van der Waals surface area contributed by atoms with Gasteiger partial charge in [-0.2, -0.15) is 13.2 Å². The van der Waals surface area contributed by atoms with Crippen molar-refractivity contribution in [1.82, 2.24) is 0 Å².